The monoisotopic (exact) mass is 227 g/mol. The van der Waals surface area contributed by atoms with Crippen molar-refractivity contribution in [3.63, 3.8) is 0 Å². The first-order valence-electron chi connectivity index (χ1n) is 4.25. The van der Waals surface area contributed by atoms with Crippen LogP contribution in [0.2, 0.25) is 0 Å². The van der Waals surface area contributed by atoms with Crippen LogP contribution >= 0.6 is 0 Å². The Hall–Kier alpha value is -2.38. The first-order valence-corrected chi connectivity index (χ1v) is 4.25. The summed E-state index contributed by atoms with van der Waals surface area (Å²) >= 11 is 0. The van der Waals surface area contributed by atoms with Crippen LogP contribution in [0.4, 0.5) is 0 Å². The first kappa shape index (κ1) is 11.7. The van der Waals surface area contributed by atoms with Crippen LogP contribution in [-0.2, 0) is 9.59 Å². The minimum Gasteiger partial charge on any atom is -0.481 e. The molecule has 1 aromatic rings. The fraction of sp³-hybridized carbons (Fsp3) is 0.250. The number of carboxylic acid groups (broad SMARTS) is 2. The summed E-state index contributed by atoms with van der Waals surface area (Å²) in [6.07, 6.45) is 0.636. The number of hydrogen-bond acceptors (Lipinski definition) is 4. The molecule has 0 fully saturated rings. The highest BCUT2D eigenvalue weighted by Crippen LogP contribution is 1.97. The van der Waals surface area contributed by atoms with Gasteiger partial charge in [0, 0.05) is 6.20 Å². The van der Waals surface area contributed by atoms with Gasteiger partial charge in [-0.3, -0.25) is 14.7 Å². The molecule has 0 aliphatic rings. The average molecular weight is 227 g/mol. The molecule has 0 saturated heterocycles. The van der Waals surface area contributed by atoms with Gasteiger partial charge in [-0.2, -0.15) is 5.10 Å². The lowest BCUT2D eigenvalue weighted by molar-refractivity contribution is -0.145. The maximum absolute atomic E-state index is 11.4. The standard InChI is InChI=1S/C8H9N3O5/c12-6(13)3-5(8(15)16)10-7(14)4-1-2-9-11-4/h1-2,5H,3H2,(H,9,11)(H,10,14)(H,12,13)(H,15,16). The molecule has 0 saturated carbocycles. The van der Waals surface area contributed by atoms with E-state index in [1.165, 1.54) is 12.3 Å². The lowest BCUT2D eigenvalue weighted by Gasteiger charge is -2.10. The molecule has 0 bridgehead atoms. The zero-order valence-electron chi connectivity index (χ0n) is 8.01. The van der Waals surface area contributed by atoms with E-state index in [4.69, 9.17) is 10.2 Å². The highest BCUT2D eigenvalue weighted by atomic mass is 16.4. The van der Waals surface area contributed by atoms with Crippen molar-refractivity contribution in [2.45, 2.75) is 12.5 Å². The fourth-order valence-corrected chi connectivity index (χ4v) is 0.993. The average Bonchev–Trinajstić information content (AvgIpc) is 2.68. The zero-order chi connectivity index (χ0) is 12.1. The van der Waals surface area contributed by atoms with Crippen LogP contribution in [0.15, 0.2) is 12.3 Å². The number of nitrogens with one attached hydrogen (secondary N) is 2. The number of aliphatic carboxylic acids is 2. The third kappa shape index (κ3) is 3.08. The van der Waals surface area contributed by atoms with Gasteiger partial charge in [-0.15, -0.1) is 0 Å². The summed E-state index contributed by atoms with van der Waals surface area (Å²) in [5, 5.41) is 25.0. The van der Waals surface area contributed by atoms with Gasteiger partial charge in [-0.25, -0.2) is 4.79 Å². The Morgan fingerprint density at radius 3 is 2.56 bits per heavy atom. The summed E-state index contributed by atoms with van der Waals surface area (Å²) in [4.78, 5) is 32.3. The molecule has 1 heterocycles. The molecule has 1 unspecified atom stereocenters. The van der Waals surface area contributed by atoms with Gasteiger partial charge in [0.1, 0.15) is 11.7 Å². The molecule has 1 amide bonds. The summed E-state index contributed by atoms with van der Waals surface area (Å²) < 4.78 is 0. The number of amides is 1. The van der Waals surface area contributed by atoms with Crippen LogP contribution in [0.25, 0.3) is 0 Å². The summed E-state index contributed by atoms with van der Waals surface area (Å²) in [6.45, 7) is 0. The van der Waals surface area contributed by atoms with Crippen molar-refractivity contribution in [1.29, 1.82) is 0 Å². The number of carbonyl (C=O) groups excluding carboxylic acids is 1. The molecule has 0 aromatic carbocycles. The second kappa shape index (κ2) is 4.91. The van der Waals surface area contributed by atoms with E-state index in [9.17, 15) is 14.4 Å². The number of aromatic nitrogens is 2. The predicted molar refractivity (Wildman–Crippen MR) is 49.7 cm³/mol. The Labute approximate surface area is 89.3 Å². The number of rotatable bonds is 5. The smallest absolute Gasteiger partial charge is 0.326 e. The van der Waals surface area contributed by atoms with Gasteiger partial charge in [0.05, 0.1) is 6.42 Å². The van der Waals surface area contributed by atoms with E-state index >= 15 is 0 Å². The normalized spacial score (nSPS) is 11.8. The van der Waals surface area contributed by atoms with E-state index < -0.39 is 30.3 Å². The Morgan fingerprint density at radius 1 is 1.44 bits per heavy atom. The van der Waals surface area contributed by atoms with Crippen molar-refractivity contribution < 1.29 is 24.6 Å². The molecule has 0 aliphatic heterocycles. The SMILES string of the molecule is O=C(O)CC(NC(=O)c1ccn[nH]1)C(=O)O. The van der Waals surface area contributed by atoms with E-state index in [-0.39, 0.29) is 5.69 Å². The minimum atomic E-state index is -1.46. The van der Waals surface area contributed by atoms with Crippen molar-refractivity contribution in [3.05, 3.63) is 18.0 Å². The van der Waals surface area contributed by atoms with Gasteiger partial charge in [-0.05, 0) is 6.07 Å². The number of H-pyrrole nitrogens is 1. The van der Waals surface area contributed by atoms with E-state index in [1.54, 1.807) is 0 Å². The van der Waals surface area contributed by atoms with Crippen LogP contribution in [0.5, 0.6) is 0 Å². The van der Waals surface area contributed by atoms with Gasteiger partial charge >= 0.3 is 11.9 Å². The molecule has 1 aromatic heterocycles. The number of carbonyl (C=O) groups is 3. The highest BCUT2D eigenvalue weighted by Gasteiger charge is 2.23. The van der Waals surface area contributed by atoms with E-state index in [0.717, 1.165) is 0 Å². The lowest BCUT2D eigenvalue weighted by Crippen LogP contribution is -2.42. The maximum atomic E-state index is 11.4. The van der Waals surface area contributed by atoms with E-state index in [0.29, 0.717) is 0 Å². The number of aromatic amines is 1. The van der Waals surface area contributed by atoms with Crippen LogP contribution in [0.3, 0.4) is 0 Å². The third-order valence-corrected chi connectivity index (χ3v) is 1.73. The molecule has 8 heteroatoms. The Morgan fingerprint density at radius 2 is 2.12 bits per heavy atom. The molecule has 86 valence electrons. The predicted octanol–water partition coefficient (Wildman–Crippen LogP) is -0.933. The fourth-order valence-electron chi connectivity index (χ4n) is 0.993. The summed E-state index contributed by atoms with van der Waals surface area (Å²) in [7, 11) is 0. The Balaban J connectivity index is 2.65. The highest BCUT2D eigenvalue weighted by molar-refractivity contribution is 5.95. The second-order valence-corrected chi connectivity index (χ2v) is 2.93. The van der Waals surface area contributed by atoms with E-state index in [2.05, 4.69) is 15.5 Å². The van der Waals surface area contributed by atoms with Gasteiger partial charge in [0.25, 0.3) is 5.91 Å². The second-order valence-electron chi connectivity index (χ2n) is 2.93. The summed E-state index contributed by atoms with van der Waals surface area (Å²) in [5.74, 6) is -3.43. The largest absolute Gasteiger partial charge is 0.481 e. The number of nitrogens with zero attached hydrogens (tertiary/aromatic N) is 1. The van der Waals surface area contributed by atoms with Crippen molar-refractivity contribution in [3.8, 4) is 0 Å². The Bertz CT molecular complexity index is 400. The maximum Gasteiger partial charge on any atom is 0.326 e. The molecule has 1 atom stereocenters. The van der Waals surface area contributed by atoms with E-state index in [1.807, 2.05) is 0 Å². The van der Waals surface area contributed by atoms with Crippen LogP contribution in [0, 0.1) is 0 Å². The summed E-state index contributed by atoms with van der Waals surface area (Å²) in [6, 6.07) is -0.122. The van der Waals surface area contributed by atoms with Crippen molar-refractivity contribution >= 4 is 17.8 Å². The molecule has 0 aliphatic carbocycles. The third-order valence-electron chi connectivity index (χ3n) is 1.73. The van der Waals surface area contributed by atoms with Crippen molar-refractivity contribution in [1.82, 2.24) is 15.5 Å². The van der Waals surface area contributed by atoms with Gasteiger partial charge in [0.15, 0.2) is 0 Å². The molecular weight excluding hydrogens is 218 g/mol. The van der Waals surface area contributed by atoms with Gasteiger partial charge in [0.2, 0.25) is 0 Å². The minimum absolute atomic E-state index is 0.0663. The number of carboxylic acids is 2. The molecule has 4 N–H and O–H groups in total. The van der Waals surface area contributed by atoms with Gasteiger partial charge < -0.3 is 15.5 Å². The van der Waals surface area contributed by atoms with Crippen LogP contribution < -0.4 is 5.32 Å². The van der Waals surface area contributed by atoms with Crippen LogP contribution in [-0.4, -0.2) is 44.3 Å². The molecule has 0 spiro atoms. The molecule has 1 rings (SSSR count). The molecular formula is C8H9N3O5. The van der Waals surface area contributed by atoms with Gasteiger partial charge in [-0.1, -0.05) is 0 Å². The Kier molecular flexibility index (Phi) is 3.59. The number of hydrogen-bond donors (Lipinski definition) is 4. The lowest BCUT2D eigenvalue weighted by atomic mass is 10.2. The van der Waals surface area contributed by atoms with Crippen LogP contribution in [0.1, 0.15) is 16.9 Å². The molecule has 8 nitrogen and oxygen atoms in total. The first-order chi connectivity index (χ1) is 7.50. The van der Waals surface area contributed by atoms with Crippen molar-refractivity contribution in [2.75, 3.05) is 0 Å². The topological polar surface area (TPSA) is 132 Å². The molecule has 16 heavy (non-hydrogen) atoms. The zero-order valence-corrected chi connectivity index (χ0v) is 8.01. The van der Waals surface area contributed by atoms with Crippen molar-refractivity contribution in [2.24, 2.45) is 0 Å². The quantitative estimate of drug-likeness (QED) is 0.513. The summed E-state index contributed by atoms with van der Waals surface area (Å²) in [5.41, 5.74) is 0.0663. The molecule has 0 radical (unpaired) electrons.